The first-order valence-corrected chi connectivity index (χ1v) is 12.8. The third-order valence-corrected chi connectivity index (χ3v) is 5.33. The molecule has 0 unspecified atom stereocenters. The Bertz CT molecular complexity index is 412. The van der Waals surface area contributed by atoms with Crippen LogP contribution in [-0.4, -0.2) is 74.5 Å². The van der Waals surface area contributed by atoms with Gasteiger partial charge in [-0.25, -0.2) is 9.59 Å². The molecule has 0 aromatic rings. The van der Waals surface area contributed by atoms with Gasteiger partial charge in [-0.15, -0.1) is 0 Å². The van der Waals surface area contributed by atoms with Crippen molar-refractivity contribution >= 4 is 12.2 Å². The van der Waals surface area contributed by atoms with E-state index in [9.17, 15) is 9.59 Å². The zero-order valence-electron chi connectivity index (χ0n) is 20.8. The van der Waals surface area contributed by atoms with Crippen molar-refractivity contribution in [2.45, 2.75) is 90.9 Å². The number of carbonyl (C=O) groups is 2. The third-order valence-electron chi connectivity index (χ3n) is 5.33. The molecule has 0 rings (SSSR count). The smallest absolute Gasteiger partial charge is 0.409 e. The molecule has 0 aromatic carbocycles. The molecule has 2 amide bonds. The summed E-state index contributed by atoms with van der Waals surface area (Å²) in [5.41, 5.74) is 11.1. The minimum Gasteiger partial charge on any atom is -0.449 e. The van der Waals surface area contributed by atoms with E-state index in [-0.39, 0.29) is 12.2 Å². The quantitative estimate of drug-likeness (QED) is 0.245. The number of carbonyl (C=O) groups excluding carboxylic acids is 2. The highest BCUT2D eigenvalue weighted by molar-refractivity contribution is 5.68. The van der Waals surface area contributed by atoms with E-state index in [0.29, 0.717) is 52.5 Å². The maximum Gasteiger partial charge on any atom is 0.409 e. The lowest BCUT2D eigenvalue weighted by Crippen LogP contribution is -2.36. The van der Waals surface area contributed by atoms with Crippen molar-refractivity contribution in [2.24, 2.45) is 11.5 Å². The summed E-state index contributed by atoms with van der Waals surface area (Å²) in [5.74, 6) is 0. The summed E-state index contributed by atoms with van der Waals surface area (Å²) in [7, 11) is 0. The average molecular weight is 459 g/mol. The Morgan fingerprint density at radius 1 is 0.562 bits per heavy atom. The lowest BCUT2D eigenvalue weighted by molar-refractivity contribution is 0.0939. The van der Waals surface area contributed by atoms with E-state index >= 15 is 0 Å². The molecule has 4 N–H and O–H groups in total. The van der Waals surface area contributed by atoms with E-state index in [2.05, 4.69) is 13.8 Å². The van der Waals surface area contributed by atoms with E-state index in [1.165, 1.54) is 0 Å². The first-order valence-electron chi connectivity index (χ1n) is 12.8. The van der Waals surface area contributed by atoms with Gasteiger partial charge in [-0.05, 0) is 64.5 Å². The molecule has 0 aromatic heterocycles. The summed E-state index contributed by atoms with van der Waals surface area (Å²) in [6.07, 6.45) is 10.8. The standard InChI is InChI=1S/C24H50N4O4/c1-3-5-21-31-23(29)27(17-11-7-9-15-25)19-13-14-20-28(18-12-8-10-16-26)24(30)32-22-6-4-2/h3-22,25-26H2,1-2H3. The molecule has 32 heavy (non-hydrogen) atoms. The Morgan fingerprint density at radius 3 is 1.22 bits per heavy atom. The van der Waals surface area contributed by atoms with Gasteiger partial charge in [0, 0.05) is 26.2 Å². The number of nitrogens with zero attached hydrogens (tertiary/aromatic N) is 2. The van der Waals surface area contributed by atoms with E-state index in [4.69, 9.17) is 20.9 Å². The predicted molar refractivity (Wildman–Crippen MR) is 131 cm³/mol. The first kappa shape index (κ1) is 30.5. The highest BCUT2D eigenvalue weighted by atomic mass is 16.6. The molecule has 0 aliphatic carbocycles. The van der Waals surface area contributed by atoms with Crippen molar-refractivity contribution in [3.05, 3.63) is 0 Å². The number of hydrogen-bond donors (Lipinski definition) is 2. The lowest BCUT2D eigenvalue weighted by atomic mass is 10.2. The molecule has 0 spiro atoms. The fourth-order valence-electron chi connectivity index (χ4n) is 3.23. The molecule has 0 radical (unpaired) electrons. The monoisotopic (exact) mass is 458 g/mol. The van der Waals surface area contributed by atoms with Crippen molar-refractivity contribution in [2.75, 3.05) is 52.5 Å². The van der Waals surface area contributed by atoms with Crippen LogP contribution >= 0.6 is 0 Å². The second-order valence-electron chi connectivity index (χ2n) is 8.32. The number of amides is 2. The number of hydrogen-bond acceptors (Lipinski definition) is 6. The lowest BCUT2D eigenvalue weighted by Gasteiger charge is -2.24. The Labute approximate surface area is 196 Å². The number of ether oxygens (including phenoxy) is 2. The zero-order valence-corrected chi connectivity index (χ0v) is 20.8. The van der Waals surface area contributed by atoms with E-state index < -0.39 is 0 Å². The van der Waals surface area contributed by atoms with Gasteiger partial charge in [0.25, 0.3) is 0 Å². The van der Waals surface area contributed by atoms with Crippen molar-refractivity contribution in [1.82, 2.24) is 9.80 Å². The SMILES string of the molecule is CCCCOC(=O)N(CCCCCN)CCCCN(CCCCCN)C(=O)OCCCC. The molecule has 190 valence electrons. The van der Waals surface area contributed by atoms with E-state index in [1.54, 1.807) is 9.80 Å². The van der Waals surface area contributed by atoms with Gasteiger partial charge in [0.2, 0.25) is 0 Å². The van der Waals surface area contributed by atoms with Crippen molar-refractivity contribution in [3.8, 4) is 0 Å². The van der Waals surface area contributed by atoms with Crippen LogP contribution in [0.3, 0.4) is 0 Å². The molecular weight excluding hydrogens is 408 g/mol. The van der Waals surface area contributed by atoms with Gasteiger partial charge < -0.3 is 30.7 Å². The van der Waals surface area contributed by atoms with Gasteiger partial charge in [0.1, 0.15) is 0 Å². The highest BCUT2D eigenvalue weighted by Crippen LogP contribution is 2.08. The van der Waals surface area contributed by atoms with Crippen LogP contribution in [-0.2, 0) is 9.47 Å². The van der Waals surface area contributed by atoms with E-state index in [0.717, 1.165) is 77.0 Å². The van der Waals surface area contributed by atoms with Crippen LogP contribution in [0, 0.1) is 0 Å². The second-order valence-corrected chi connectivity index (χ2v) is 8.32. The highest BCUT2D eigenvalue weighted by Gasteiger charge is 2.17. The summed E-state index contributed by atoms with van der Waals surface area (Å²) >= 11 is 0. The zero-order chi connectivity index (χ0) is 23.9. The molecule has 0 aliphatic heterocycles. The van der Waals surface area contributed by atoms with Crippen molar-refractivity contribution in [3.63, 3.8) is 0 Å². The molecule has 0 aliphatic rings. The summed E-state index contributed by atoms with van der Waals surface area (Å²) < 4.78 is 10.8. The van der Waals surface area contributed by atoms with Crippen LogP contribution in [0.5, 0.6) is 0 Å². The van der Waals surface area contributed by atoms with Crippen LogP contribution < -0.4 is 11.5 Å². The number of nitrogens with two attached hydrogens (primary N) is 2. The van der Waals surface area contributed by atoms with Gasteiger partial charge in [-0.2, -0.15) is 0 Å². The van der Waals surface area contributed by atoms with Gasteiger partial charge >= 0.3 is 12.2 Å². The second kappa shape index (κ2) is 22.6. The summed E-state index contributed by atoms with van der Waals surface area (Å²) in [4.78, 5) is 28.5. The number of unbranched alkanes of at least 4 members (excludes halogenated alkanes) is 7. The summed E-state index contributed by atoms with van der Waals surface area (Å²) in [6, 6.07) is 0. The van der Waals surface area contributed by atoms with Gasteiger partial charge in [-0.1, -0.05) is 39.5 Å². The van der Waals surface area contributed by atoms with Crippen molar-refractivity contribution < 1.29 is 19.1 Å². The molecule has 0 fully saturated rings. The third kappa shape index (κ3) is 17.1. The molecule has 0 bridgehead atoms. The Balaban J connectivity index is 4.55. The molecular formula is C24H50N4O4. The maximum absolute atomic E-state index is 12.5. The van der Waals surface area contributed by atoms with Crippen LogP contribution in [0.25, 0.3) is 0 Å². The number of rotatable bonds is 21. The molecule has 0 atom stereocenters. The molecule has 0 heterocycles. The first-order chi connectivity index (χ1) is 15.6. The molecule has 8 heteroatoms. The maximum atomic E-state index is 12.5. The summed E-state index contributed by atoms with van der Waals surface area (Å²) in [6.45, 7) is 9.09. The molecule has 8 nitrogen and oxygen atoms in total. The molecule has 0 saturated heterocycles. The fourth-order valence-corrected chi connectivity index (χ4v) is 3.23. The normalized spacial score (nSPS) is 10.8. The van der Waals surface area contributed by atoms with Gasteiger partial charge in [0.15, 0.2) is 0 Å². The van der Waals surface area contributed by atoms with Crippen LogP contribution in [0.4, 0.5) is 9.59 Å². The van der Waals surface area contributed by atoms with E-state index in [1.807, 2.05) is 0 Å². The largest absolute Gasteiger partial charge is 0.449 e. The molecule has 0 saturated carbocycles. The fraction of sp³-hybridized carbons (Fsp3) is 0.917. The van der Waals surface area contributed by atoms with Crippen LogP contribution in [0.2, 0.25) is 0 Å². The predicted octanol–water partition coefficient (Wildman–Crippen LogP) is 4.50. The van der Waals surface area contributed by atoms with Gasteiger partial charge in [0.05, 0.1) is 13.2 Å². The average Bonchev–Trinajstić information content (AvgIpc) is 2.79. The van der Waals surface area contributed by atoms with Crippen LogP contribution in [0.15, 0.2) is 0 Å². The van der Waals surface area contributed by atoms with Gasteiger partial charge in [-0.3, -0.25) is 0 Å². The minimum atomic E-state index is -0.233. The van der Waals surface area contributed by atoms with Crippen molar-refractivity contribution in [1.29, 1.82) is 0 Å². The Kier molecular flexibility index (Phi) is 21.6. The summed E-state index contributed by atoms with van der Waals surface area (Å²) in [5, 5.41) is 0. The topological polar surface area (TPSA) is 111 Å². The Morgan fingerprint density at radius 2 is 0.906 bits per heavy atom. The van der Waals surface area contributed by atoms with Crippen LogP contribution in [0.1, 0.15) is 90.9 Å². The Hall–Kier alpha value is -1.54. The minimum absolute atomic E-state index is 0.233.